The second kappa shape index (κ2) is 4.85. The normalized spacial score (nSPS) is 10.9. The van der Waals surface area contributed by atoms with E-state index in [9.17, 15) is 5.11 Å². The van der Waals surface area contributed by atoms with Crippen LogP contribution in [0.4, 0.5) is 0 Å². The molecule has 1 N–H and O–H groups in total. The summed E-state index contributed by atoms with van der Waals surface area (Å²) < 4.78 is 6.66. The zero-order valence-electron chi connectivity index (χ0n) is 11.4. The van der Waals surface area contributed by atoms with Crippen molar-refractivity contribution in [1.29, 1.82) is 0 Å². The summed E-state index contributed by atoms with van der Waals surface area (Å²) in [5.41, 5.74) is 3.28. The van der Waals surface area contributed by atoms with Crippen LogP contribution < -0.4 is 4.74 Å². The maximum absolute atomic E-state index is 10.3. The summed E-state index contributed by atoms with van der Waals surface area (Å²) in [7, 11) is 1.64. The lowest BCUT2D eigenvalue weighted by molar-refractivity contribution is 0.414. The molecule has 3 aromatic rings. The zero-order valence-corrected chi connectivity index (χ0v) is 11.4. The predicted octanol–water partition coefficient (Wildman–Crippen LogP) is 2.34. The van der Waals surface area contributed by atoms with E-state index in [1.54, 1.807) is 19.4 Å². The van der Waals surface area contributed by atoms with E-state index in [-0.39, 0.29) is 5.88 Å². The highest BCUT2D eigenvalue weighted by molar-refractivity contribution is 5.46. The maximum atomic E-state index is 10.3. The summed E-state index contributed by atoms with van der Waals surface area (Å²) in [5, 5.41) is 14.4. The fourth-order valence-electron chi connectivity index (χ4n) is 2.27. The monoisotopic (exact) mass is 269 g/mol. The van der Waals surface area contributed by atoms with Crippen LogP contribution in [0, 0.1) is 6.92 Å². The van der Waals surface area contributed by atoms with Gasteiger partial charge in [-0.15, -0.1) is 0 Å². The first-order valence-electron chi connectivity index (χ1n) is 6.34. The molecule has 0 aliphatic carbocycles. The SMILES string of the molecule is COc1cccc(Cc2c(C)nc3ccnn3c2O)c1. The number of aromatic nitrogens is 3. The van der Waals surface area contributed by atoms with E-state index in [0.29, 0.717) is 12.1 Å². The predicted molar refractivity (Wildman–Crippen MR) is 75.2 cm³/mol. The number of fused-ring (bicyclic) bond motifs is 1. The van der Waals surface area contributed by atoms with Gasteiger partial charge in [0.1, 0.15) is 5.75 Å². The number of ether oxygens (including phenoxy) is 1. The lowest BCUT2D eigenvalue weighted by atomic mass is 10.0. The molecule has 102 valence electrons. The Labute approximate surface area is 116 Å². The number of methoxy groups -OCH3 is 1. The van der Waals surface area contributed by atoms with Crippen LogP contribution in [0.2, 0.25) is 0 Å². The molecule has 5 heteroatoms. The summed E-state index contributed by atoms with van der Waals surface area (Å²) in [5.74, 6) is 0.938. The van der Waals surface area contributed by atoms with Crippen molar-refractivity contribution in [3.05, 3.63) is 53.3 Å². The molecule has 0 unspecified atom stereocenters. The Balaban J connectivity index is 2.05. The highest BCUT2D eigenvalue weighted by atomic mass is 16.5. The van der Waals surface area contributed by atoms with Gasteiger partial charge >= 0.3 is 0 Å². The van der Waals surface area contributed by atoms with Gasteiger partial charge in [-0.05, 0) is 24.6 Å². The number of hydrogen-bond donors (Lipinski definition) is 1. The number of aromatic hydroxyl groups is 1. The topological polar surface area (TPSA) is 59.7 Å². The first kappa shape index (κ1) is 12.5. The molecule has 0 spiro atoms. The first-order chi connectivity index (χ1) is 9.69. The van der Waals surface area contributed by atoms with Gasteiger partial charge in [-0.1, -0.05) is 12.1 Å². The number of rotatable bonds is 3. The summed E-state index contributed by atoms with van der Waals surface area (Å²) in [6.07, 6.45) is 2.20. The molecule has 0 saturated carbocycles. The molecule has 1 aromatic carbocycles. The van der Waals surface area contributed by atoms with Gasteiger partial charge in [-0.3, -0.25) is 0 Å². The second-order valence-electron chi connectivity index (χ2n) is 4.63. The average Bonchev–Trinajstić information content (AvgIpc) is 2.92. The molecule has 0 fully saturated rings. The Morgan fingerprint density at radius 2 is 2.15 bits per heavy atom. The van der Waals surface area contributed by atoms with Crippen LogP contribution in [-0.4, -0.2) is 26.8 Å². The Morgan fingerprint density at radius 3 is 2.95 bits per heavy atom. The zero-order chi connectivity index (χ0) is 14.1. The van der Waals surface area contributed by atoms with Crippen molar-refractivity contribution >= 4 is 5.65 Å². The molecule has 0 aliphatic heterocycles. The minimum Gasteiger partial charge on any atom is -0.497 e. The van der Waals surface area contributed by atoms with Crippen LogP contribution >= 0.6 is 0 Å². The van der Waals surface area contributed by atoms with Crippen molar-refractivity contribution < 1.29 is 9.84 Å². The molecule has 5 nitrogen and oxygen atoms in total. The van der Waals surface area contributed by atoms with Crippen molar-refractivity contribution in [2.45, 2.75) is 13.3 Å². The van der Waals surface area contributed by atoms with Crippen molar-refractivity contribution in [2.75, 3.05) is 7.11 Å². The molecule has 3 rings (SSSR count). The molecule has 0 atom stereocenters. The van der Waals surface area contributed by atoms with Gasteiger partial charge in [0.15, 0.2) is 5.65 Å². The second-order valence-corrected chi connectivity index (χ2v) is 4.63. The van der Waals surface area contributed by atoms with E-state index < -0.39 is 0 Å². The molecule has 2 heterocycles. The Hall–Kier alpha value is -2.56. The van der Waals surface area contributed by atoms with Crippen molar-refractivity contribution in [3.8, 4) is 11.6 Å². The number of hydrogen-bond acceptors (Lipinski definition) is 4. The Bertz CT molecular complexity index is 765. The van der Waals surface area contributed by atoms with E-state index in [2.05, 4.69) is 10.1 Å². The molecule has 0 radical (unpaired) electrons. The third kappa shape index (κ3) is 2.07. The van der Waals surface area contributed by atoms with Gasteiger partial charge in [0.2, 0.25) is 5.88 Å². The van der Waals surface area contributed by atoms with Crippen LogP contribution in [0.5, 0.6) is 11.6 Å². The summed E-state index contributed by atoms with van der Waals surface area (Å²) in [6, 6.07) is 9.54. The van der Waals surface area contributed by atoms with E-state index in [1.165, 1.54) is 4.52 Å². The molecule has 20 heavy (non-hydrogen) atoms. The number of aryl methyl sites for hydroxylation is 1. The molecule has 0 saturated heterocycles. The summed E-state index contributed by atoms with van der Waals surface area (Å²) in [4.78, 5) is 4.44. The van der Waals surface area contributed by atoms with E-state index >= 15 is 0 Å². The number of benzene rings is 1. The Morgan fingerprint density at radius 1 is 1.30 bits per heavy atom. The molecule has 0 bridgehead atoms. The van der Waals surface area contributed by atoms with Gasteiger partial charge in [-0.2, -0.15) is 9.61 Å². The van der Waals surface area contributed by atoms with Crippen LogP contribution in [0.15, 0.2) is 36.5 Å². The molecular weight excluding hydrogens is 254 g/mol. The maximum Gasteiger partial charge on any atom is 0.219 e. The van der Waals surface area contributed by atoms with Crippen LogP contribution in [0.3, 0.4) is 0 Å². The summed E-state index contributed by atoms with van der Waals surface area (Å²) >= 11 is 0. The van der Waals surface area contributed by atoms with Gasteiger partial charge < -0.3 is 9.84 Å². The molecule has 2 aromatic heterocycles. The fraction of sp³-hybridized carbons (Fsp3) is 0.200. The molecule has 0 aliphatic rings. The van der Waals surface area contributed by atoms with Gasteiger partial charge in [0, 0.05) is 23.7 Å². The van der Waals surface area contributed by atoms with Gasteiger partial charge in [-0.25, -0.2) is 4.98 Å². The summed E-state index contributed by atoms with van der Waals surface area (Å²) in [6.45, 7) is 1.89. The standard InChI is InChI=1S/C15H15N3O2/c1-10-13(9-11-4-3-5-12(8-11)20-2)15(19)18-14(17-10)6-7-16-18/h3-8,19H,9H2,1-2H3. The van der Waals surface area contributed by atoms with Crippen LogP contribution in [0.1, 0.15) is 16.8 Å². The first-order valence-corrected chi connectivity index (χ1v) is 6.34. The van der Waals surface area contributed by atoms with Crippen LogP contribution in [0.25, 0.3) is 5.65 Å². The van der Waals surface area contributed by atoms with Crippen molar-refractivity contribution in [2.24, 2.45) is 0 Å². The van der Waals surface area contributed by atoms with Gasteiger partial charge in [0.05, 0.1) is 13.3 Å². The number of nitrogens with zero attached hydrogens (tertiary/aromatic N) is 3. The van der Waals surface area contributed by atoms with Gasteiger partial charge in [0.25, 0.3) is 0 Å². The lowest BCUT2D eigenvalue weighted by Crippen LogP contribution is -2.02. The average molecular weight is 269 g/mol. The van der Waals surface area contributed by atoms with Crippen LogP contribution in [-0.2, 0) is 6.42 Å². The Kier molecular flexibility index (Phi) is 3.02. The quantitative estimate of drug-likeness (QED) is 0.793. The highest BCUT2D eigenvalue weighted by Crippen LogP contribution is 2.25. The smallest absolute Gasteiger partial charge is 0.219 e. The largest absolute Gasteiger partial charge is 0.497 e. The van der Waals surface area contributed by atoms with E-state index in [0.717, 1.165) is 22.6 Å². The van der Waals surface area contributed by atoms with E-state index in [4.69, 9.17) is 4.74 Å². The molecule has 0 amide bonds. The molecular formula is C15H15N3O2. The van der Waals surface area contributed by atoms with Crippen molar-refractivity contribution in [3.63, 3.8) is 0 Å². The third-order valence-corrected chi connectivity index (χ3v) is 3.33. The third-order valence-electron chi connectivity index (χ3n) is 3.33. The van der Waals surface area contributed by atoms with Crippen molar-refractivity contribution in [1.82, 2.24) is 14.6 Å². The van der Waals surface area contributed by atoms with E-state index in [1.807, 2.05) is 31.2 Å². The lowest BCUT2D eigenvalue weighted by Gasteiger charge is -2.10. The highest BCUT2D eigenvalue weighted by Gasteiger charge is 2.13. The minimum absolute atomic E-state index is 0.139. The fourth-order valence-corrected chi connectivity index (χ4v) is 2.27. The minimum atomic E-state index is 0.139.